The normalized spacial score (nSPS) is 18.3. The fourth-order valence-corrected chi connectivity index (χ4v) is 2.36. The molecule has 0 radical (unpaired) electrons. The van der Waals surface area contributed by atoms with E-state index in [-0.39, 0.29) is 17.8 Å². The number of hydrogen-bond donors (Lipinski definition) is 1. The molecule has 21 heavy (non-hydrogen) atoms. The van der Waals surface area contributed by atoms with Crippen LogP contribution >= 0.6 is 12.4 Å². The third-order valence-electron chi connectivity index (χ3n) is 3.64. The van der Waals surface area contributed by atoms with Crippen LogP contribution in [0, 0.1) is 0 Å². The second kappa shape index (κ2) is 8.62. The third kappa shape index (κ3) is 6.25. The van der Waals surface area contributed by atoms with Crippen molar-refractivity contribution in [2.45, 2.75) is 45.1 Å². The molecule has 0 aliphatic carbocycles. The van der Waals surface area contributed by atoms with Crippen molar-refractivity contribution in [3.05, 3.63) is 29.8 Å². The summed E-state index contributed by atoms with van der Waals surface area (Å²) in [5, 5.41) is 3.39. The van der Waals surface area contributed by atoms with E-state index in [0.29, 0.717) is 12.7 Å². The second-order valence-corrected chi connectivity index (χ2v) is 6.47. The van der Waals surface area contributed by atoms with Gasteiger partial charge in [-0.25, -0.2) is 0 Å². The smallest absolute Gasteiger partial charge is 0.119 e. The van der Waals surface area contributed by atoms with Crippen molar-refractivity contribution in [3.8, 4) is 5.75 Å². The van der Waals surface area contributed by atoms with E-state index in [4.69, 9.17) is 9.47 Å². The Labute approximate surface area is 134 Å². The lowest BCUT2D eigenvalue weighted by Gasteiger charge is -2.19. The van der Waals surface area contributed by atoms with Gasteiger partial charge in [0.15, 0.2) is 0 Å². The summed E-state index contributed by atoms with van der Waals surface area (Å²) < 4.78 is 11.4. The van der Waals surface area contributed by atoms with Crippen molar-refractivity contribution in [3.63, 3.8) is 0 Å². The van der Waals surface area contributed by atoms with E-state index in [9.17, 15) is 0 Å². The summed E-state index contributed by atoms with van der Waals surface area (Å²) >= 11 is 0. The molecule has 1 heterocycles. The Morgan fingerprint density at radius 1 is 1.33 bits per heavy atom. The average molecular weight is 314 g/mol. The highest BCUT2D eigenvalue weighted by Crippen LogP contribution is 2.25. The number of benzene rings is 1. The Bertz CT molecular complexity index is 411. The zero-order valence-corrected chi connectivity index (χ0v) is 14.2. The number of rotatable bonds is 6. The lowest BCUT2D eigenvalue weighted by Crippen LogP contribution is -2.29. The number of nitrogens with one attached hydrogen (secondary N) is 1. The molecule has 4 heteroatoms. The highest BCUT2D eigenvalue weighted by Gasteiger charge is 2.15. The van der Waals surface area contributed by atoms with Gasteiger partial charge in [0.25, 0.3) is 0 Å². The topological polar surface area (TPSA) is 30.5 Å². The summed E-state index contributed by atoms with van der Waals surface area (Å²) in [6.45, 7) is 10.1. The van der Waals surface area contributed by atoms with E-state index in [2.05, 4.69) is 44.3 Å². The predicted octanol–water partition coefficient (Wildman–Crippen LogP) is 3.55. The van der Waals surface area contributed by atoms with Crippen LogP contribution in [0.25, 0.3) is 0 Å². The molecule has 0 saturated carbocycles. The molecule has 1 unspecified atom stereocenters. The Morgan fingerprint density at radius 2 is 2.14 bits per heavy atom. The maximum Gasteiger partial charge on any atom is 0.119 e. The van der Waals surface area contributed by atoms with Crippen LogP contribution in [-0.4, -0.2) is 32.4 Å². The standard InChI is InChI=1S/C17H27NO2.ClH/c1-17(2,3)14-6-4-7-15(12-14)20-11-9-18-13-16-8-5-10-19-16;/h4,6-7,12,16,18H,5,8-11,13H2,1-3H3;1H. The first kappa shape index (κ1) is 18.3. The highest BCUT2D eigenvalue weighted by atomic mass is 35.5. The van der Waals surface area contributed by atoms with E-state index in [0.717, 1.165) is 25.4 Å². The maximum atomic E-state index is 5.80. The zero-order chi connectivity index (χ0) is 14.4. The Morgan fingerprint density at radius 3 is 2.81 bits per heavy atom. The molecule has 0 bridgehead atoms. The average Bonchev–Trinajstić information content (AvgIpc) is 2.91. The number of halogens is 1. The molecule has 1 aromatic carbocycles. The van der Waals surface area contributed by atoms with Crippen LogP contribution in [-0.2, 0) is 10.2 Å². The molecule has 1 atom stereocenters. The first-order valence-corrected chi connectivity index (χ1v) is 7.61. The van der Waals surface area contributed by atoms with Crippen LogP contribution in [0.4, 0.5) is 0 Å². The van der Waals surface area contributed by atoms with Crippen LogP contribution in [0.1, 0.15) is 39.2 Å². The summed E-state index contributed by atoms with van der Waals surface area (Å²) in [5.74, 6) is 0.955. The molecule has 1 aromatic rings. The van der Waals surface area contributed by atoms with Gasteiger partial charge in [0.1, 0.15) is 12.4 Å². The zero-order valence-electron chi connectivity index (χ0n) is 13.4. The van der Waals surface area contributed by atoms with Crippen molar-refractivity contribution < 1.29 is 9.47 Å². The minimum absolute atomic E-state index is 0. The largest absolute Gasteiger partial charge is 0.492 e. The first-order chi connectivity index (χ1) is 9.55. The molecule has 120 valence electrons. The molecule has 0 amide bonds. The van der Waals surface area contributed by atoms with E-state index in [1.807, 2.05) is 6.07 Å². The molecule has 1 fully saturated rings. The van der Waals surface area contributed by atoms with Gasteiger partial charge >= 0.3 is 0 Å². The molecule has 0 aromatic heterocycles. The third-order valence-corrected chi connectivity index (χ3v) is 3.64. The van der Waals surface area contributed by atoms with Crippen molar-refractivity contribution in [2.75, 3.05) is 26.3 Å². The SMILES string of the molecule is CC(C)(C)c1cccc(OCCNCC2CCCO2)c1.Cl. The fraction of sp³-hybridized carbons (Fsp3) is 0.647. The van der Waals surface area contributed by atoms with Crippen LogP contribution in [0.15, 0.2) is 24.3 Å². The summed E-state index contributed by atoms with van der Waals surface area (Å²) in [4.78, 5) is 0. The minimum atomic E-state index is 0. The first-order valence-electron chi connectivity index (χ1n) is 7.61. The van der Waals surface area contributed by atoms with Gasteiger partial charge < -0.3 is 14.8 Å². The van der Waals surface area contributed by atoms with Gasteiger partial charge in [0.2, 0.25) is 0 Å². The summed E-state index contributed by atoms with van der Waals surface area (Å²) in [5.41, 5.74) is 1.47. The van der Waals surface area contributed by atoms with E-state index in [1.165, 1.54) is 18.4 Å². The van der Waals surface area contributed by atoms with Crippen molar-refractivity contribution in [1.82, 2.24) is 5.32 Å². The van der Waals surface area contributed by atoms with Gasteiger partial charge in [-0.2, -0.15) is 0 Å². The van der Waals surface area contributed by atoms with Crippen LogP contribution in [0.3, 0.4) is 0 Å². The Kier molecular flexibility index (Phi) is 7.50. The summed E-state index contributed by atoms with van der Waals surface area (Å²) in [6.07, 6.45) is 2.78. The van der Waals surface area contributed by atoms with Crippen LogP contribution in [0.2, 0.25) is 0 Å². The van der Waals surface area contributed by atoms with Gasteiger partial charge in [-0.3, -0.25) is 0 Å². The van der Waals surface area contributed by atoms with Gasteiger partial charge in [0, 0.05) is 19.7 Å². The molecule has 1 saturated heterocycles. The minimum Gasteiger partial charge on any atom is -0.492 e. The van der Waals surface area contributed by atoms with Gasteiger partial charge in [-0.05, 0) is 36.0 Å². The van der Waals surface area contributed by atoms with Crippen LogP contribution < -0.4 is 10.1 Å². The predicted molar refractivity (Wildman–Crippen MR) is 89.7 cm³/mol. The van der Waals surface area contributed by atoms with E-state index >= 15 is 0 Å². The van der Waals surface area contributed by atoms with Gasteiger partial charge in [-0.1, -0.05) is 32.9 Å². The molecule has 3 nitrogen and oxygen atoms in total. The molecular weight excluding hydrogens is 286 g/mol. The highest BCUT2D eigenvalue weighted by molar-refractivity contribution is 5.85. The molecule has 2 rings (SSSR count). The van der Waals surface area contributed by atoms with Gasteiger partial charge in [-0.15, -0.1) is 12.4 Å². The fourth-order valence-electron chi connectivity index (χ4n) is 2.36. The van der Waals surface area contributed by atoms with E-state index < -0.39 is 0 Å². The summed E-state index contributed by atoms with van der Waals surface area (Å²) in [7, 11) is 0. The number of ether oxygens (including phenoxy) is 2. The van der Waals surface area contributed by atoms with E-state index in [1.54, 1.807) is 0 Å². The maximum absolute atomic E-state index is 5.80. The molecule has 1 N–H and O–H groups in total. The quantitative estimate of drug-likeness (QED) is 0.815. The van der Waals surface area contributed by atoms with Gasteiger partial charge in [0.05, 0.1) is 6.10 Å². The van der Waals surface area contributed by atoms with Crippen molar-refractivity contribution >= 4 is 12.4 Å². The monoisotopic (exact) mass is 313 g/mol. The van der Waals surface area contributed by atoms with Crippen molar-refractivity contribution in [1.29, 1.82) is 0 Å². The molecule has 1 aliphatic rings. The number of hydrogen-bond acceptors (Lipinski definition) is 3. The second-order valence-electron chi connectivity index (χ2n) is 6.47. The Hall–Kier alpha value is -0.770. The Balaban J connectivity index is 0.00000220. The lowest BCUT2D eigenvalue weighted by molar-refractivity contribution is 0.109. The molecule has 1 aliphatic heterocycles. The van der Waals surface area contributed by atoms with Crippen molar-refractivity contribution in [2.24, 2.45) is 0 Å². The molecule has 0 spiro atoms. The lowest BCUT2D eigenvalue weighted by atomic mass is 9.87. The molecular formula is C17H28ClNO2. The van der Waals surface area contributed by atoms with Crippen LogP contribution in [0.5, 0.6) is 5.75 Å². The summed E-state index contributed by atoms with van der Waals surface area (Å²) in [6, 6.07) is 8.38.